The lowest BCUT2D eigenvalue weighted by atomic mass is 9.96. The van der Waals surface area contributed by atoms with Gasteiger partial charge in [0.1, 0.15) is 18.0 Å². The predicted octanol–water partition coefficient (Wildman–Crippen LogP) is 3.18. The van der Waals surface area contributed by atoms with E-state index in [9.17, 15) is 24.0 Å². The van der Waals surface area contributed by atoms with Gasteiger partial charge in [-0.05, 0) is 51.6 Å². The van der Waals surface area contributed by atoms with Crippen molar-refractivity contribution in [3.8, 4) is 0 Å². The quantitative estimate of drug-likeness (QED) is 0.147. The second-order valence-corrected chi connectivity index (χ2v) is 12.2. The fourth-order valence-corrected chi connectivity index (χ4v) is 5.54. The number of nitrogens with zero attached hydrogens (tertiary/aromatic N) is 3. The molecule has 0 aromatic carbocycles. The van der Waals surface area contributed by atoms with Gasteiger partial charge in [-0.1, -0.05) is 40.5 Å². The van der Waals surface area contributed by atoms with Gasteiger partial charge in [-0.2, -0.15) is 0 Å². The van der Waals surface area contributed by atoms with E-state index in [1.54, 1.807) is 12.3 Å². The van der Waals surface area contributed by atoms with E-state index in [0.29, 0.717) is 50.9 Å². The summed E-state index contributed by atoms with van der Waals surface area (Å²) in [5, 5.41) is 8.26. The Hall–Kier alpha value is -2.86. The van der Waals surface area contributed by atoms with Crippen LogP contribution in [0.4, 0.5) is 0 Å². The first kappa shape index (κ1) is 35.3. The molecule has 1 aliphatic rings. The van der Waals surface area contributed by atoms with Crippen molar-refractivity contribution in [2.24, 2.45) is 11.8 Å². The van der Waals surface area contributed by atoms with Gasteiger partial charge < -0.3 is 25.1 Å². The van der Waals surface area contributed by atoms with Crippen molar-refractivity contribution in [1.82, 2.24) is 25.4 Å². The van der Waals surface area contributed by atoms with Crippen molar-refractivity contribution < 1.29 is 28.7 Å². The minimum atomic E-state index is -0.736. The topological polar surface area (TPSA) is 138 Å². The van der Waals surface area contributed by atoms with E-state index >= 15 is 0 Å². The first-order valence-corrected chi connectivity index (χ1v) is 16.1. The molecule has 4 atom stereocenters. The molecule has 1 aromatic rings. The van der Waals surface area contributed by atoms with Gasteiger partial charge in [0.25, 0.3) is 5.91 Å². The summed E-state index contributed by atoms with van der Waals surface area (Å²) in [6, 6.07) is -1.00. The van der Waals surface area contributed by atoms with Crippen LogP contribution in [0.25, 0.3) is 0 Å². The molecule has 2 heterocycles. The third kappa shape index (κ3) is 11.4. The smallest absolute Gasteiger partial charge is 0.307 e. The number of aromatic nitrogens is 1. The van der Waals surface area contributed by atoms with Crippen LogP contribution in [-0.4, -0.2) is 90.3 Å². The van der Waals surface area contributed by atoms with Crippen LogP contribution in [-0.2, 0) is 30.3 Å². The second-order valence-electron chi connectivity index (χ2n) is 11.2. The summed E-state index contributed by atoms with van der Waals surface area (Å²) in [4.78, 5) is 70.3. The third-order valence-corrected chi connectivity index (χ3v) is 8.63. The Kier molecular flexibility index (Phi) is 15.7. The molecule has 0 aliphatic carbocycles. The average Bonchev–Trinajstić information content (AvgIpc) is 3.46. The molecular weight excluding hydrogens is 558 g/mol. The number of piperidine rings is 1. The number of amides is 3. The molecule has 42 heavy (non-hydrogen) atoms. The highest BCUT2D eigenvalue weighted by molar-refractivity contribution is 7.09. The van der Waals surface area contributed by atoms with E-state index in [-0.39, 0.29) is 54.7 Å². The van der Waals surface area contributed by atoms with Gasteiger partial charge in [0.05, 0.1) is 11.0 Å². The zero-order chi connectivity index (χ0) is 31.1. The first-order chi connectivity index (χ1) is 20.1. The summed E-state index contributed by atoms with van der Waals surface area (Å²) in [6.45, 7) is 8.96. The van der Waals surface area contributed by atoms with E-state index in [1.165, 1.54) is 16.2 Å². The minimum absolute atomic E-state index is 0.112. The van der Waals surface area contributed by atoms with Gasteiger partial charge in [-0.25, -0.2) is 4.98 Å². The second kappa shape index (κ2) is 18.6. The summed E-state index contributed by atoms with van der Waals surface area (Å²) < 4.78 is 5.43. The summed E-state index contributed by atoms with van der Waals surface area (Å²) >= 11 is 1.37. The van der Waals surface area contributed by atoms with Crippen molar-refractivity contribution in [3.63, 3.8) is 0 Å². The molecule has 1 saturated heterocycles. The number of aryl methyl sites for hydroxylation is 1. The van der Waals surface area contributed by atoms with Crippen LogP contribution in [0.15, 0.2) is 5.38 Å². The number of carbonyl (C=O) groups is 5. The van der Waals surface area contributed by atoms with Crippen molar-refractivity contribution in [2.75, 3.05) is 33.4 Å². The minimum Gasteiger partial charge on any atom is -0.444 e. The van der Waals surface area contributed by atoms with E-state index in [0.717, 1.165) is 37.1 Å². The molecule has 0 saturated carbocycles. The maximum absolute atomic E-state index is 13.8. The van der Waals surface area contributed by atoms with Crippen molar-refractivity contribution in [1.29, 1.82) is 0 Å². The summed E-state index contributed by atoms with van der Waals surface area (Å²) in [7, 11) is 1.94. The molecule has 0 radical (unpaired) electrons. The SMILES string of the molecule is CCCC(=O)OCN(CCCc1nc(C(=O)NCC[C@H](C)C=O)cs1)C(=O)C(NC(=O)[C@H]1CCCCN1C)C(C)CC. The molecule has 2 rings (SSSR count). The normalized spacial score (nSPS) is 17.5. The zero-order valence-electron chi connectivity index (χ0n) is 25.9. The number of hydrogen-bond donors (Lipinski definition) is 2. The van der Waals surface area contributed by atoms with Crippen LogP contribution < -0.4 is 10.6 Å². The standard InChI is InChI=1S/C30H49N5O6S/c1-6-11-26(37)41-20-35(17-10-13-25-32-23(19-42-25)28(38)31-15-14-21(3)18-36)30(40)27(22(4)7-2)33-29(39)24-12-8-9-16-34(24)5/h18-19,21-22,24,27H,6-17,20H2,1-5H3,(H,31,38)(H,33,39)/t21-,22?,24+,27?/m0/s1. The lowest BCUT2D eigenvalue weighted by molar-refractivity contribution is -0.155. The molecule has 11 nitrogen and oxygen atoms in total. The highest BCUT2D eigenvalue weighted by Crippen LogP contribution is 2.18. The molecule has 1 aromatic heterocycles. The van der Waals surface area contributed by atoms with Crippen LogP contribution in [0.2, 0.25) is 0 Å². The number of esters is 1. The van der Waals surface area contributed by atoms with Gasteiger partial charge in [-0.15, -0.1) is 11.3 Å². The van der Waals surface area contributed by atoms with Crippen LogP contribution >= 0.6 is 11.3 Å². The zero-order valence-corrected chi connectivity index (χ0v) is 26.7. The number of thiazole rings is 1. The van der Waals surface area contributed by atoms with Crippen LogP contribution in [0.3, 0.4) is 0 Å². The number of carbonyl (C=O) groups excluding carboxylic acids is 5. The number of aldehydes is 1. The molecule has 0 spiro atoms. The van der Waals surface area contributed by atoms with E-state index in [4.69, 9.17) is 4.74 Å². The summed E-state index contributed by atoms with van der Waals surface area (Å²) in [5.41, 5.74) is 0.322. The molecule has 236 valence electrons. The summed E-state index contributed by atoms with van der Waals surface area (Å²) in [6.07, 6.45) is 6.87. The maximum Gasteiger partial charge on any atom is 0.307 e. The molecule has 12 heteroatoms. The van der Waals surface area contributed by atoms with E-state index < -0.39 is 6.04 Å². The Balaban J connectivity index is 2.06. The van der Waals surface area contributed by atoms with E-state index in [2.05, 4.69) is 15.6 Å². The number of ether oxygens (including phenoxy) is 1. The number of nitrogens with one attached hydrogen (secondary N) is 2. The van der Waals surface area contributed by atoms with Crippen molar-refractivity contribution >= 4 is 41.3 Å². The Labute approximate surface area is 254 Å². The average molecular weight is 608 g/mol. The molecule has 2 unspecified atom stereocenters. The van der Waals surface area contributed by atoms with Crippen molar-refractivity contribution in [3.05, 3.63) is 16.1 Å². The summed E-state index contributed by atoms with van der Waals surface area (Å²) in [5.74, 6) is -1.31. The van der Waals surface area contributed by atoms with Gasteiger partial charge in [-0.3, -0.25) is 24.1 Å². The first-order valence-electron chi connectivity index (χ1n) is 15.2. The van der Waals surface area contributed by atoms with Gasteiger partial charge in [0.15, 0.2) is 6.73 Å². The van der Waals surface area contributed by atoms with Gasteiger partial charge >= 0.3 is 5.97 Å². The Bertz CT molecular complexity index is 1030. The molecule has 1 fully saturated rings. The predicted molar refractivity (Wildman–Crippen MR) is 162 cm³/mol. The molecule has 1 aliphatic heterocycles. The highest BCUT2D eigenvalue weighted by Gasteiger charge is 2.34. The van der Waals surface area contributed by atoms with E-state index in [1.807, 2.05) is 32.7 Å². The Morgan fingerprint density at radius 3 is 2.67 bits per heavy atom. The number of likely N-dealkylation sites (N-methyl/N-ethyl adjacent to an activating group) is 1. The number of likely N-dealkylation sites (tertiary alicyclic amines) is 1. The molecule has 2 N–H and O–H groups in total. The van der Waals surface area contributed by atoms with Crippen LogP contribution in [0.5, 0.6) is 0 Å². The number of rotatable bonds is 18. The highest BCUT2D eigenvalue weighted by atomic mass is 32.1. The molecule has 3 amide bonds. The Morgan fingerprint density at radius 2 is 2.00 bits per heavy atom. The lowest BCUT2D eigenvalue weighted by Crippen LogP contribution is -2.57. The van der Waals surface area contributed by atoms with Crippen LogP contribution in [0, 0.1) is 11.8 Å². The fraction of sp³-hybridized carbons (Fsp3) is 0.733. The maximum atomic E-state index is 13.8. The number of hydrogen-bond acceptors (Lipinski definition) is 9. The molecular formula is C30H49N5O6S. The third-order valence-electron chi connectivity index (χ3n) is 7.72. The lowest BCUT2D eigenvalue weighted by Gasteiger charge is -2.35. The largest absolute Gasteiger partial charge is 0.444 e. The van der Waals surface area contributed by atoms with Gasteiger partial charge in [0, 0.05) is 37.2 Å². The molecule has 0 bridgehead atoms. The Morgan fingerprint density at radius 1 is 1.24 bits per heavy atom. The monoisotopic (exact) mass is 607 g/mol. The van der Waals surface area contributed by atoms with Gasteiger partial charge in [0.2, 0.25) is 11.8 Å². The fourth-order valence-electron chi connectivity index (χ4n) is 4.72. The van der Waals surface area contributed by atoms with Crippen molar-refractivity contribution in [2.45, 2.75) is 97.6 Å². The van der Waals surface area contributed by atoms with Crippen LogP contribution in [0.1, 0.15) is 94.6 Å².